The average Bonchev–Trinajstić information content (AvgIpc) is 2.97. The number of hydrogen-bond acceptors (Lipinski definition) is 15. The predicted molar refractivity (Wildman–Crippen MR) is 185 cm³/mol. The molecular formula is C31H59BN4NaO15. The minimum atomic E-state index is -1.06. The summed E-state index contributed by atoms with van der Waals surface area (Å²) in [7, 11) is 8.25. The molecule has 0 aliphatic carbocycles. The van der Waals surface area contributed by atoms with Crippen molar-refractivity contribution in [1.29, 1.82) is 0 Å². The molecular weight excluding hydrogens is 702 g/mol. The zero-order valence-electron chi connectivity index (χ0n) is 32.8. The Hall–Kier alpha value is -3.46. The Labute approximate surface area is 330 Å². The van der Waals surface area contributed by atoms with Gasteiger partial charge in [-0.25, -0.2) is 38.5 Å². The Balaban J connectivity index is -0.000000146. The molecule has 0 rings (SSSR count). The second-order valence-corrected chi connectivity index (χ2v) is 12.4. The number of nitrogens with two attached hydrogens (primary N) is 1. The molecule has 0 spiro atoms. The molecule has 2 amide bonds. The number of carbonyl (C=O) groups excluding carboxylic acids is 6. The van der Waals surface area contributed by atoms with Crippen LogP contribution in [0.4, 0.5) is 9.59 Å². The van der Waals surface area contributed by atoms with Crippen molar-refractivity contribution in [2.75, 3.05) is 27.2 Å². The summed E-state index contributed by atoms with van der Waals surface area (Å²) < 4.78 is 13.6. The molecule has 0 heterocycles. The molecule has 0 aliphatic heterocycles. The van der Waals surface area contributed by atoms with Crippen LogP contribution in [-0.2, 0) is 52.7 Å². The molecule has 0 bridgehead atoms. The van der Waals surface area contributed by atoms with Gasteiger partial charge in [-0.05, 0) is 107 Å². The van der Waals surface area contributed by atoms with Crippen LogP contribution in [-0.4, -0.2) is 122 Å². The number of unbranched alkanes of at least 4 members (excludes halogenated alkanes) is 2. The summed E-state index contributed by atoms with van der Waals surface area (Å²) in [6.07, 6.45) is 2.39. The van der Waals surface area contributed by atoms with Crippen LogP contribution in [0.25, 0.3) is 0 Å². The summed E-state index contributed by atoms with van der Waals surface area (Å²) in [5, 5.41) is 22.7. The van der Waals surface area contributed by atoms with Gasteiger partial charge in [0.25, 0.3) is 0 Å². The SMILES string of the molecule is C=O.CC(=O)OOC(C)=O.CC(C)(C)OC(=O)N[C@H](CCCCN)C(=O)O.CN(C)CCCC[C@@H](NC(=O)OC(C)(C)C)C(=O)O.[B-]OC(C)=O.[Na+]. The van der Waals surface area contributed by atoms with Crippen molar-refractivity contribution in [2.45, 2.75) is 124 Å². The van der Waals surface area contributed by atoms with Crippen molar-refractivity contribution in [2.24, 2.45) is 5.73 Å². The Morgan fingerprint density at radius 2 is 1.00 bits per heavy atom. The molecule has 0 unspecified atom stereocenters. The van der Waals surface area contributed by atoms with Gasteiger partial charge in [0, 0.05) is 20.8 Å². The summed E-state index contributed by atoms with van der Waals surface area (Å²) >= 11 is 0. The van der Waals surface area contributed by atoms with Crippen molar-refractivity contribution < 1.29 is 102 Å². The van der Waals surface area contributed by atoms with E-state index in [1.54, 1.807) is 41.5 Å². The topological polar surface area (TPSA) is 276 Å². The van der Waals surface area contributed by atoms with Gasteiger partial charge in [0.15, 0.2) is 0 Å². The zero-order valence-corrected chi connectivity index (χ0v) is 34.8. The van der Waals surface area contributed by atoms with Gasteiger partial charge in [-0.15, -0.1) is 0 Å². The first-order valence-electron chi connectivity index (χ1n) is 15.6. The van der Waals surface area contributed by atoms with Crippen LogP contribution in [0, 0.1) is 0 Å². The van der Waals surface area contributed by atoms with Crippen molar-refractivity contribution in [1.82, 2.24) is 15.5 Å². The molecule has 297 valence electrons. The van der Waals surface area contributed by atoms with Crippen molar-refractivity contribution in [3.63, 3.8) is 0 Å². The monoisotopic (exact) mass is 761 g/mol. The van der Waals surface area contributed by atoms with Crippen LogP contribution in [0.3, 0.4) is 0 Å². The second-order valence-electron chi connectivity index (χ2n) is 12.4. The first kappa shape index (κ1) is 60.6. The first-order chi connectivity index (χ1) is 23.3. The number of rotatable bonds is 13. The summed E-state index contributed by atoms with van der Waals surface area (Å²) in [6, 6.07) is -1.81. The molecule has 0 fully saturated rings. The van der Waals surface area contributed by atoms with Crippen molar-refractivity contribution in [3.05, 3.63) is 0 Å². The van der Waals surface area contributed by atoms with E-state index >= 15 is 0 Å². The minimum absolute atomic E-state index is 0. The van der Waals surface area contributed by atoms with Crippen molar-refractivity contribution >= 4 is 56.9 Å². The van der Waals surface area contributed by atoms with Gasteiger partial charge in [0.05, 0.1) is 0 Å². The number of ether oxygens (including phenoxy) is 2. The van der Waals surface area contributed by atoms with Crippen LogP contribution in [0.15, 0.2) is 0 Å². The Bertz CT molecular complexity index is 1010. The number of carbonyl (C=O) groups is 8. The molecule has 52 heavy (non-hydrogen) atoms. The fourth-order valence-corrected chi connectivity index (χ4v) is 2.80. The van der Waals surface area contributed by atoms with Gasteiger partial charge in [0.2, 0.25) is 5.97 Å². The largest absolute Gasteiger partial charge is 1.00 e. The van der Waals surface area contributed by atoms with E-state index in [1.165, 1.54) is 6.92 Å². The van der Waals surface area contributed by atoms with E-state index in [1.807, 2.05) is 25.8 Å². The molecule has 0 aromatic carbocycles. The molecule has 0 aromatic heterocycles. The molecule has 19 nitrogen and oxygen atoms in total. The van der Waals surface area contributed by atoms with E-state index < -0.39 is 65.3 Å². The van der Waals surface area contributed by atoms with E-state index in [0.717, 1.165) is 39.7 Å². The quantitative estimate of drug-likeness (QED) is 0.0669. The Morgan fingerprint density at radius 3 is 1.21 bits per heavy atom. The number of nitrogens with zero attached hydrogens (tertiary/aromatic N) is 1. The van der Waals surface area contributed by atoms with Gasteiger partial charge < -0.3 is 58.5 Å². The smallest absolute Gasteiger partial charge is 0.793 e. The van der Waals surface area contributed by atoms with E-state index in [4.69, 9.17) is 30.2 Å². The van der Waals surface area contributed by atoms with Crippen LogP contribution >= 0.6 is 0 Å². The van der Waals surface area contributed by atoms with Gasteiger partial charge in [-0.3, -0.25) is 4.79 Å². The molecule has 0 saturated heterocycles. The fraction of sp³-hybridized carbons (Fsp3) is 0.742. The first-order valence-corrected chi connectivity index (χ1v) is 15.6. The van der Waals surface area contributed by atoms with Crippen LogP contribution in [0.5, 0.6) is 0 Å². The molecule has 6 N–H and O–H groups in total. The van der Waals surface area contributed by atoms with Gasteiger partial charge in [-0.1, -0.05) is 0 Å². The molecule has 21 heteroatoms. The normalized spacial score (nSPS) is 11.0. The molecule has 3 radical (unpaired) electrons. The predicted octanol–water partition coefficient (Wildman–Crippen LogP) is -0.731. The zero-order chi connectivity index (χ0) is 41.4. The van der Waals surface area contributed by atoms with E-state index in [-0.39, 0.29) is 29.6 Å². The number of carboxylic acids is 2. The summed E-state index contributed by atoms with van der Waals surface area (Å²) in [5.41, 5.74) is 4.05. The third-order valence-corrected chi connectivity index (χ3v) is 4.72. The summed E-state index contributed by atoms with van der Waals surface area (Å²) in [4.78, 5) is 91.7. The van der Waals surface area contributed by atoms with E-state index in [0.29, 0.717) is 25.8 Å². The van der Waals surface area contributed by atoms with Crippen LogP contribution in [0.1, 0.15) is 101 Å². The molecule has 0 aromatic rings. The molecule has 0 saturated carbocycles. The van der Waals surface area contributed by atoms with Gasteiger partial charge in [0.1, 0.15) is 30.1 Å². The number of hydrogen-bond donors (Lipinski definition) is 5. The number of amides is 2. The van der Waals surface area contributed by atoms with E-state index in [2.05, 4.69) is 33.1 Å². The van der Waals surface area contributed by atoms with E-state index in [9.17, 15) is 33.6 Å². The maximum Gasteiger partial charge on any atom is 1.00 e. The standard InChI is InChI=1S/C13H26N2O4.C11H22N2O4.C4H6O4.C2H3BO2.CH2O.Na/c1-13(2,3)19-12(18)14-10(11(16)17)8-6-7-9-15(4)5;1-11(2,3)17-10(16)13-8(9(14)15)6-4-5-7-12;1-3(5)7-8-4(2)6;1-2(4)5-3;1-2;/h10H,6-9H2,1-5H3,(H,14,18)(H,16,17);8H,4-7,12H2,1-3H3,(H,13,16)(H,14,15);1-2H3;1H3;1H2;/q;;;-1;;+1/t10-;8-;;;;/m11..../s1. The molecule has 0 aliphatic rings. The third kappa shape index (κ3) is 55.9. The minimum Gasteiger partial charge on any atom is -0.793 e. The summed E-state index contributed by atoms with van der Waals surface area (Å²) in [6.45, 7) is 17.3. The van der Waals surface area contributed by atoms with Crippen LogP contribution < -0.4 is 45.9 Å². The Morgan fingerprint density at radius 1 is 0.692 bits per heavy atom. The van der Waals surface area contributed by atoms with Crippen molar-refractivity contribution in [3.8, 4) is 0 Å². The average molecular weight is 762 g/mol. The van der Waals surface area contributed by atoms with Crippen LogP contribution in [0.2, 0.25) is 0 Å². The van der Waals surface area contributed by atoms with Gasteiger partial charge in [-0.2, -0.15) is 0 Å². The second kappa shape index (κ2) is 35.9. The number of nitrogens with one attached hydrogen (secondary N) is 2. The Kier molecular flexibility index (Phi) is 41.9. The maximum absolute atomic E-state index is 11.5. The number of alkyl carbamates (subject to hydrolysis) is 2. The summed E-state index contributed by atoms with van der Waals surface area (Å²) in [5.74, 6) is -3.84. The third-order valence-electron chi connectivity index (χ3n) is 4.72. The van der Waals surface area contributed by atoms with Gasteiger partial charge >= 0.3 is 65.6 Å². The fourth-order valence-electron chi connectivity index (χ4n) is 2.80. The number of aliphatic carboxylic acids is 2. The maximum atomic E-state index is 11.5. The number of carboxylic acid groups (broad SMARTS) is 2. The molecule has 2 atom stereocenters.